The molecule has 0 unspecified atom stereocenters. The fourth-order valence-corrected chi connectivity index (χ4v) is 2.36. The van der Waals surface area contributed by atoms with E-state index in [-0.39, 0.29) is 11.9 Å². The second-order valence-corrected chi connectivity index (χ2v) is 5.47. The van der Waals surface area contributed by atoms with E-state index in [2.05, 4.69) is 15.9 Å². The Bertz CT molecular complexity index is 604. The molecule has 0 aliphatic rings. The third kappa shape index (κ3) is 3.47. The summed E-state index contributed by atoms with van der Waals surface area (Å²) < 4.78 is 19.8. The van der Waals surface area contributed by atoms with Gasteiger partial charge in [-0.2, -0.15) is 0 Å². The van der Waals surface area contributed by atoms with Crippen molar-refractivity contribution in [3.63, 3.8) is 0 Å². The van der Waals surface area contributed by atoms with Gasteiger partial charge in [0.1, 0.15) is 17.3 Å². The monoisotopic (exact) mass is 343 g/mol. The van der Waals surface area contributed by atoms with Crippen LogP contribution in [0, 0.1) is 5.82 Å². The molecule has 0 radical (unpaired) electrons. The SMILES string of the molecule is C[C@H](N)c1cc(F)ccc1Oc1ccc(Br)cc1Cl. The van der Waals surface area contributed by atoms with Crippen molar-refractivity contribution in [1.82, 2.24) is 0 Å². The van der Waals surface area contributed by atoms with Crippen molar-refractivity contribution in [2.75, 3.05) is 0 Å². The van der Waals surface area contributed by atoms with Crippen LogP contribution in [0.4, 0.5) is 4.39 Å². The standard InChI is InChI=1S/C14H12BrClFNO/c1-8(18)11-7-10(17)3-5-13(11)19-14-4-2-9(15)6-12(14)16/h2-8H,18H2,1H3/t8-/m0/s1. The Hall–Kier alpha value is -1.10. The fourth-order valence-electron chi connectivity index (χ4n) is 1.64. The highest BCUT2D eigenvalue weighted by atomic mass is 79.9. The van der Waals surface area contributed by atoms with Crippen LogP contribution in [0.1, 0.15) is 18.5 Å². The molecule has 100 valence electrons. The van der Waals surface area contributed by atoms with Gasteiger partial charge in [0.25, 0.3) is 0 Å². The fraction of sp³-hybridized carbons (Fsp3) is 0.143. The van der Waals surface area contributed by atoms with Gasteiger partial charge in [-0.25, -0.2) is 4.39 Å². The Kier molecular flexibility index (Phi) is 4.45. The highest BCUT2D eigenvalue weighted by Gasteiger charge is 2.12. The van der Waals surface area contributed by atoms with Crippen molar-refractivity contribution in [2.24, 2.45) is 5.73 Å². The Morgan fingerprint density at radius 2 is 1.89 bits per heavy atom. The molecule has 0 amide bonds. The zero-order valence-corrected chi connectivity index (χ0v) is 12.5. The van der Waals surface area contributed by atoms with E-state index < -0.39 is 0 Å². The molecule has 0 aliphatic carbocycles. The summed E-state index contributed by atoms with van der Waals surface area (Å²) in [5.41, 5.74) is 6.41. The predicted octanol–water partition coefficient (Wildman–Crippen LogP) is 5.05. The molecule has 0 saturated carbocycles. The lowest BCUT2D eigenvalue weighted by atomic mass is 10.1. The molecular formula is C14H12BrClFNO. The number of nitrogens with two attached hydrogens (primary N) is 1. The van der Waals surface area contributed by atoms with Crippen molar-refractivity contribution in [3.05, 3.63) is 57.3 Å². The summed E-state index contributed by atoms with van der Waals surface area (Å²) in [7, 11) is 0. The van der Waals surface area contributed by atoms with Crippen molar-refractivity contribution in [3.8, 4) is 11.5 Å². The normalized spacial score (nSPS) is 12.3. The summed E-state index contributed by atoms with van der Waals surface area (Å²) >= 11 is 9.40. The first kappa shape index (κ1) is 14.3. The van der Waals surface area contributed by atoms with Crippen LogP contribution in [0.5, 0.6) is 11.5 Å². The molecule has 0 spiro atoms. The predicted molar refractivity (Wildman–Crippen MR) is 78.2 cm³/mol. The van der Waals surface area contributed by atoms with E-state index in [0.717, 1.165) is 4.47 Å². The van der Waals surface area contributed by atoms with Gasteiger partial charge in [0.15, 0.2) is 0 Å². The molecule has 0 saturated heterocycles. The van der Waals surface area contributed by atoms with E-state index in [9.17, 15) is 4.39 Å². The molecule has 0 bridgehead atoms. The second-order valence-electron chi connectivity index (χ2n) is 4.15. The Morgan fingerprint density at radius 1 is 1.21 bits per heavy atom. The van der Waals surface area contributed by atoms with E-state index >= 15 is 0 Å². The summed E-state index contributed by atoms with van der Waals surface area (Å²) in [6.45, 7) is 1.77. The molecule has 2 nitrogen and oxygen atoms in total. The van der Waals surface area contributed by atoms with Gasteiger partial charge in [0.2, 0.25) is 0 Å². The van der Waals surface area contributed by atoms with E-state index in [1.54, 1.807) is 25.1 Å². The number of halogens is 3. The van der Waals surface area contributed by atoms with Crippen molar-refractivity contribution in [1.29, 1.82) is 0 Å². The van der Waals surface area contributed by atoms with Gasteiger partial charge in [-0.1, -0.05) is 27.5 Å². The van der Waals surface area contributed by atoms with Crippen LogP contribution in [0.3, 0.4) is 0 Å². The number of hydrogen-bond donors (Lipinski definition) is 1. The third-order valence-electron chi connectivity index (χ3n) is 2.58. The van der Waals surface area contributed by atoms with Crippen LogP contribution in [0.15, 0.2) is 40.9 Å². The van der Waals surface area contributed by atoms with E-state index in [1.165, 1.54) is 12.1 Å². The number of ether oxygens (including phenoxy) is 1. The first-order valence-corrected chi connectivity index (χ1v) is 6.82. The maximum atomic E-state index is 13.2. The minimum absolute atomic E-state index is 0.333. The first-order valence-electron chi connectivity index (χ1n) is 5.65. The van der Waals surface area contributed by atoms with Gasteiger partial charge >= 0.3 is 0 Å². The summed E-state index contributed by atoms with van der Waals surface area (Å²) in [6.07, 6.45) is 0. The van der Waals surface area contributed by atoms with Gasteiger partial charge in [0.05, 0.1) is 5.02 Å². The lowest BCUT2D eigenvalue weighted by molar-refractivity contribution is 0.469. The van der Waals surface area contributed by atoms with Crippen molar-refractivity contribution >= 4 is 27.5 Å². The van der Waals surface area contributed by atoms with Crippen molar-refractivity contribution in [2.45, 2.75) is 13.0 Å². The minimum atomic E-state index is -0.346. The van der Waals surface area contributed by atoms with Crippen LogP contribution >= 0.6 is 27.5 Å². The van der Waals surface area contributed by atoms with E-state index in [1.807, 2.05) is 6.07 Å². The molecule has 0 aromatic heterocycles. The number of hydrogen-bond acceptors (Lipinski definition) is 2. The molecular weight excluding hydrogens is 333 g/mol. The molecule has 1 atom stereocenters. The molecule has 2 aromatic carbocycles. The quantitative estimate of drug-likeness (QED) is 0.845. The van der Waals surface area contributed by atoms with Gasteiger partial charge in [-0.05, 0) is 43.3 Å². The minimum Gasteiger partial charge on any atom is -0.455 e. The molecule has 2 rings (SSSR count). The highest BCUT2D eigenvalue weighted by Crippen LogP contribution is 2.34. The molecule has 0 heterocycles. The lowest BCUT2D eigenvalue weighted by Gasteiger charge is -2.14. The largest absolute Gasteiger partial charge is 0.455 e. The highest BCUT2D eigenvalue weighted by molar-refractivity contribution is 9.10. The van der Waals surface area contributed by atoms with Gasteiger partial charge in [-0.3, -0.25) is 0 Å². The van der Waals surface area contributed by atoms with Gasteiger partial charge in [-0.15, -0.1) is 0 Å². The average Bonchev–Trinajstić information content (AvgIpc) is 2.34. The topological polar surface area (TPSA) is 35.2 Å². The molecule has 5 heteroatoms. The average molecular weight is 345 g/mol. The van der Waals surface area contributed by atoms with Crippen LogP contribution in [0.2, 0.25) is 5.02 Å². The molecule has 0 fully saturated rings. The first-order chi connectivity index (χ1) is 8.97. The maximum absolute atomic E-state index is 13.2. The molecule has 19 heavy (non-hydrogen) atoms. The zero-order chi connectivity index (χ0) is 14.0. The lowest BCUT2D eigenvalue weighted by Crippen LogP contribution is -2.07. The van der Waals surface area contributed by atoms with Crippen LogP contribution in [-0.4, -0.2) is 0 Å². The van der Waals surface area contributed by atoms with Gasteiger partial charge in [0, 0.05) is 16.1 Å². The Morgan fingerprint density at radius 3 is 2.53 bits per heavy atom. The zero-order valence-electron chi connectivity index (χ0n) is 10.2. The molecule has 2 aromatic rings. The maximum Gasteiger partial charge on any atom is 0.146 e. The third-order valence-corrected chi connectivity index (χ3v) is 3.36. The summed E-state index contributed by atoms with van der Waals surface area (Å²) in [4.78, 5) is 0. The van der Waals surface area contributed by atoms with Crippen LogP contribution in [-0.2, 0) is 0 Å². The number of benzene rings is 2. The van der Waals surface area contributed by atoms with Crippen molar-refractivity contribution < 1.29 is 9.13 Å². The Labute approximate surface area is 124 Å². The smallest absolute Gasteiger partial charge is 0.146 e. The van der Waals surface area contributed by atoms with Crippen LogP contribution < -0.4 is 10.5 Å². The van der Waals surface area contributed by atoms with Gasteiger partial charge < -0.3 is 10.5 Å². The van der Waals surface area contributed by atoms with Crippen LogP contribution in [0.25, 0.3) is 0 Å². The molecule has 0 aliphatic heterocycles. The van der Waals surface area contributed by atoms with E-state index in [4.69, 9.17) is 22.1 Å². The summed E-state index contributed by atoms with van der Waals surface area (Å²) in [6, 6.07) is 9.19. The summed E-state index contributed by atoms with van der Waals surface area (Å²) in [5.74, 6) is 0.653. The number of rotatable bonds is 3. The second kappa shape index (κ2) is 5.90. The summed E-state index contributed by atoms with van der Waals surface area (Å²) in [5, 5.41) is 0.467. The molecule has 2 N–H and O–H groups in total. The Balaban J connectivity index is 2.38. The van der Waals surface area contributed by atoms with E-state index in [0.29, 0.717) is 22.1 Å².